The molecule has 0 saturated carbocycles. The highest BCUT2D eigenvalue weighted by molar-refractivity contribution is 7.98. The summed E-state index contributed by atoms with van der Waals surface area (Å²) < 4.78 is 2.23. The van der Waals surface area contributed by atoms with E-state index in [-0.39, 0.29) is 0 Å². The van der Waals surface area contributed by atoms with Crippen molar-refractivity contribution in [3.63, 3.8) is 0 Å². The number of fused-ring (bicyclic) bond motifs is 1. The maximum Gasteiger partial charge on any atom is 0.0501 e. The predicted molar refractivity (Wildman–Crippen MR) is 69.2 cm³/mol. The molecule has 80 valence electrons. The number of nitrogens with two attached hydrogens (primary N) is 1. The molecule has 3 heteroatoms. The van der Waals surface area contributed by atoms with Gasteiger partial charge >= 0.3 is 0 Å². The van der Waals surface area contributed by atoms with Gasteiger partial charge in [0.05, 0.1) is 5.52 Å². The topological polar surface area (TPSA) is 30.9 Å². The van der Waals surface area contributed by atoms with E-state index in [9.17, 15) is 0 Å². The van der Waals surface area contributed by atoms with Gasteiger partial charge in [0.15, 0.2) is 0 Å². The summed E-state index contributed by atoms with van der Waals surface area (Å²) >= 11 is 1.93. The Balaban J connectivity index is 2.49. The normalized spacial score (nSPS) is 11.1. The fourth-order valence-corrected chi connectivity index (χ4v) is 2.47. The van der Waals surface area contributed by atoms with Crippen molar-refractivity contribution in [2.45, 2.75) is 12.7 Å². The number of hydrogen-bond donors (Lipinski definition) is 1. The standard InChI is InChI=1S/C12H16N2S/c1-3-15-8-9-7-10-11(13)5-4-6-12(10)14(9)2/h4-7H,3,8,13H2,1-2H3. The molecule has 2 nitrogen and oxygen atoms in total. The summed E-state index contributed by atoms with van der Waals surface area (Å²) in [5.74, 6) is 2.21. The van der Waals surface area contributed by atoms with Crippen LogP contribution in [0.4, 0.5) is 5.69 Å². The maximum absolute atomic E-state index is 5.95. The van der Waals surface area contributed by atoms with E-state index in [1.54, 1.807) is 0 Å². The lowest BCUT2D eigenvalue weighted by Gasteiger charge is -2.02. The smallest absolute Gasteiger partial charge is 0.0501 e. The summed E-state index contributed by atoms with van der Waals surface area (Å²) in [6.45, 7) is 2.18. The zero-order chi connectivity index (χ0) is 10.8. The largest absolute Gasteiger partial charge is 0.398 e. The molecule has 2 rings (SSSR count). The summed E-state index contributed by atoms with van der Waals surface area (Å²) in [7, 11) is 2.10. The van der Waals surface area contributed by atoms with Gasteiger partial charge in [0.2, 0.25) is 0 Å². The van der Waals surface area contributed by atoms with Crippen LogP contribution < -0.4 is 5.73 Å². The van der Waals surface area contributed by atoms with Crippen LogP contribution in [0.5, 0.6) is 0 Å². The summed E-state index contributed by atoms with van der Waals surface area (Å²) in [4.78, 5) is 0. The Morgan fingerprint density at radius 3 is 2.87 bits per heavy atom. The molecular formula is C12H16N2S. The van der Waals surface area contributed by atoms with Crippen molar-refractivity contribution in [3.05, 3.63) is 30.0 Å². The summed E-state index contributed by atoms with van der Waals surface area (Å²) in [6, 6.07) is 8.28. The Hall–Kier alpha value is -1.09. The van der Waals surface area contributed by atoms with Gasteiger partial charge < -0.3 is 10.3 Å². The van der Waals surface area contributed by atoms with Crippen LogP contribution in [-0.2, 0) is 12.8 Å². The molecule has 1 aromatic heterocycles. The van der Waals surface area contributed by atoms with E-state index in [4.69, 9.17) is 5.73 Å². The average Bonchev–Trinajstić information content (AvgIpc) is 2.55. The van der Waals surface area contributed by atoms with Gasteiger partial charge in [-0.15, -0.1) is 0 Å². The SMILES string of the molecule is CCSCc1cc2c(N)cccc2n1C. The molecule has 1 aromatic carbocycles. The van der Waals surface area contributed by atoms with E-state index >= 15 is 0 Å². The predicted octanol–water partition coefficient (Wildman–Crippen LogP) is 3.01. The zero-order valence-corrected chi connectivity index (χ0v) is 9.97. The van der Waals surface area contributed by atoms with Gasteiger partial charge in [-0.2, -0.15) is 11.8 Å². The first-order valence-electron chi connectivity index (χ1n) is 5.14. The average molecular weight is 220 g/mol. The van der Waals surface area contributed by atoms with Crippen molar-refractivity contribution in [3.8, 4) is 0 Å². The van der Waals surface area contributed by atoms with E-state index in [1.807, 2.05) is 23.9 Å². The number of aryl methyl sites for hydroxylation is 1. The van der Waals surface area contributed by atoms with Crippen molar-refractivity contribution < 1.29 is 0 Å². The van der Waals surface area contributed by atoms with Crippen molar-refractivity contribution in [2.75, 3.05) is 11.5 Å². The van der Waals surface area contributed by atoms with Gasteiger partial charge in [-0.1, -0.05) is 13.0 Å². The van der Waals surface area contributed by atoms with Crippen LogP contribution in [0.3, 0.4) is 0 Å². The van der Waals surface area contributed by atoms with Crippen LogP contribution in [0, 0.1) is 0 Å². The van der Waals surface area contributed by atoms with Crippen molar-refractivity contribution in [1.29, 1.82) is 0 Å². The lowest BCUT2D eigenvalue weighted by atomic mass is 10.2. The van der Waals surface area contributed by atoms with Crippen LogP contribution in [0.25, 0.3) is 10.9 Å². The first-order chi connectivity index (χ1) is 7.24. The van der Waals surface area contributed by atoms with E-state index in [2.05, 4.69) is 30.7 Å². The third-order valence-corrected chi connectivity index (χ3v) is 3.58. The van der Waals surface area contributed by atoms with Crippen LogP contribution in [0.1, 0.15) is 12.6 Å². The van der Waals surface area contributed by atoms with Crippen molar-refractivity contribution in [1.82, 2.24) is 4.57 Å². The van der Waals surface area contributed by atoms with Crippen LogP contribution in [0.2, 0.25) is 0 Å². The monoisotopic (exact) mass is 220 g/mol. The minimum Gasteiger partial charge on any atom is -0.398 e. The molecule has 2 N–H and O–H groups in total. The fraction of sp³-hybridized carbons (Fsp3) is 0.333. The van der Waals surface area contributed by atoms with Gasteiger partial charge in [0.1, 0.15) is 0 Å². The molecule has 0 amide bonds. The molecule has 0 aliphatic heterocycles. The Kier molecular flexibility index (Phi) is 2.91. The molecule has 0 fully saturated rings. The molecule has 0 aliphatic rings. The highest BCUT2D eigenvalue weighted by atomic mass is 32.2. The first-order valence-corrected chi connectivity index (χ1v) is 6.30. The lowest BCUT2D eigenvalue weighted by molar-refractivity contribution is 0.910. The molecule has 15 heavy (non-hydrogen) atoms. The van der Waals surface area contributed by atoms with Gasteiger partial charge in [0.25, 0.3) is 0 Å². The summed E-state index contributed by atoms with van der Waals surface area (Å²) in [5.41, 5.74) is 9.38. The molecule has 0 saturated heterocycles. The van der Waals surface area contributed by atoms with E-state index < -0.39 is 0 Å². The Morgan fingerprint density at radius 2 is 2.20 bits per heavy atom. The highest BCUT2D eigenvalue weighted by Gasteiger charge is 2.06. The summed E-state index contributed by atoms with van der Waals surface area (Å²) in [5, 5.41) is 1.17. The Bertz CT molecular complexity index is 474. The fourth-order valence-electron chi connectivity index (χ4n) is 1.78. The molecule has 0 bridgehead atoms. The van der Waals surface area contributed by atoms with Gasteiger partial charge in [-0.05, 0) is 24.0 Å². The third kappa shape index (κ3) is 1.84. The van der Waals surface area contributed by atoms with Crippen LogP contribution in [0.15, 0.2) is 24.3 Å². The van der Waals surface area contributed by atoms with E-state index in [1.165, 1.54) is 16.6 Å². The number of benzene rings is 1. The first kappa shape index (κ1) is 10.4. The number of rotatable bonds is 3. The molecule has 1 heterocycles. The molecule has 2 aromatic rings. The molecule has 0 atom stereocenters. The minimum absolute atomic E-state index is 0.871. The quantitative estimate of drug-likeness (QED) is 0.806. The summed E-state index contributed by atoms with van der Waals surface area (Å²) in [6.07, 6.45) is 0. The van der Waals surface area contributed by atoms with Crippen LogP contribution in [-0.4, -0.2) is 10.3 Å². The number of nitrogens with zero attached hydrogens (tertiary/aromatic N) is 1. The van der Waals surface area contributed by atoms with Crippen molar-refractivity contribution in [2.24, 2.45) is 7.05 Å². The molecule has 0 unspecified atom stereocenters. The Morgan fingerprint density at radius 1 is 1.40 bits per heavy atom. The number of nitrogen functional groups attached to an aromatic ring is 1. The molecular weight excluding hydrogens is 204 g/mol. The second-order valence-electron chi connectivity index (χ2n) is 3.61. The second-order valence-corrected chi connectivity index (χ2v) is 4.89. The molecule has 0 spiro atoms. The minimum atomic E-state index is 0.871. The maximum atomic E-state index is 5.95. The van der Waals surface area contributed by atoms with Gasteiger partial charge in [-0.25, -0.2) is 0 Å². The third-order valence-electron chi connectivity index (χ3n) is 2.67. The lowest BCUT2D eigenvalue weighted by Crippen LogP contribution is -1.94. The van der Waals surface area contributed by atoms with Gasteiger partial charge in [0, 0.05) is 29.6 Å². The molecule has 0 radical (unpaired) electrons. The number of thioether (sulfide) groups is 1. The van der Waals surface area contributed by atoms with Crippen molar-refractivity contribution >= 4 is 28.4 Å². The van der Waals surface area contributed by atoms with E-state index in [0.29, 0.717) is 0 Å². The zero-order valence-electron chi connectivity index (χ0n) is 9.16. The van der Waals surface area contributed by atoms with E-state index in [0.717, 1.165) is 17.2 Å². The highest BCUT2D eigenvalue weighted by Crippen LogP contribution is 2.26. The van der Waals surface area contributed by atoms with Crippen LogP contribution >= 0.6 is 11.8 Å². The number of aromatic nitrogens is 1. The number of hydrogen-bond acceptors (Lipinski definition) is 2. The Labute approximate surface area is 94.5 Å². The second kappa shape index (κ2) is 4.19. The van der Waals surface area contributed by atoms with Gasteiger partial charge in [-0.3, -0.25) is 0 Å². The molecule has 0 aliphatic carbocycles. The number of anilines is 1.